The topological polar surface area (TPSA) is 56.6 Å². The summed E-state index contributed by atoms with van der Waals surface area (Å²) in [4.78, 5) is 15.4. The summed E-state index contributed by atoms with van der Waals surface area (Å²) >= 11 is 0. The standard InChI is InChI=1S/C21H33N3O3/c1-4-10-24-15(2)18(13-22-24)20(25)23-11-9-21(26-3)8-7-17(12-19(21)23)27-14-16-5-6-16/h13,16-17,19H,4-12,14H2,1-3H3/t17-,19-,21+/m0/s1. The Morgan fingerprint density at radius 3 is 2.85 bits per heavy atom. The Labute approximate surface area is 162 Å². The highest BCUT2D eigenvalue weighted by Crippen LogP contribution is 2.44. The molecule has 6 nitrogen and oxygen atoms in total. The van der Waals surface area contributed by atoms with Gasteiger partial charge in [0.25, 0.3) is 5.91 Å². The van der Waals surface area contributed by atoms with Gasteiger partial charge in [0.1, 0.15) is 0 Å². The molecule has 1 amide bonds. The average molecular weight is 376 g/mol. The van der Waals surface area contributed by atoms with Gasteiger partial charge in [0.2, 0.25) is 0 Å². The second-order valence-electron chi connectivity index (χ2n) is 8.57. The van der Waals surface area contributed by atoms with Crippen molar-refractivity contribution in [2.24, 2.45) is 5.92 Å². The van der Waals surface area contributed by atoms with Gasteiger partial charge in [-0.25, -0.2) is 0 Å². The second-order valence-corrected chi connectivity index (χ2v) is 8.57. The molecule has 6 heteroatoms. The van der Waals surface area contributed by atoms with Crippen molar-refractivity contribution < 1.29 is 14.3 Å². The lowest BCUT2D eigenvalue weighted by Crippen LogP contribution is -2.53. The van der Waals surface area contributed by atoms with E-state index in [9.17, 15) is 4.79 Å². The van der Waals surface area contributed by atoms with E-state index in [0.29, 0.717) is 0 Å². The molecule has 150 valence electrons. The van der Waals surface area contributed by atoms with Crippen LogP contribution in [0.1, 0.15) is 67.9 Å². The van der Waals surface area contributed by atoms with Gasteiger partial charge in [-0.15, -0.1) is 0 Å². The first-order valence-corrected chi connectivity index (χ1v) is 10.6. The fourth-order valence-electron chi connectivity index (χ4n) is 4.86. The number of carbonyl (C=O) groups excluding carboxylic acids is 1. The molecule has 3 aliphatic rings. The van der Waals surface area contributed by atoms with E-state index in [1.807, 2.05) is 16.5 Å². The van der Waals surface area contributed by atoms with E-state index in [-0.39, 0.29) is 23.7 Å². The van der Waals surface area contributed by atoms with Gasteiger partial charge in [-0.05, 0) is 57.8 Å². The lowest BCUT2D eigenvalue weighted by molar-refractivity contribution is -0.0977. The molecular weight excluding hydrogens is 342 g/mol. The molecule has 2 aliphatic carbocycles. The Bertz CT molecular complexity index is 684. The molecule has 1 aliphatic heterocycles. The van der Waals surface area contributed by atoms with Crippen LogP contribution in [0.3, 0.4) is 0 Å². The van der Waals surface area contributed by atoms with Crippen LogP contribution in [0.25, 0.3) is 0 Å². The van der Waals surface area contributed by atoms with Crippen LogP contribution in [0, 0.1) is 12.8 Å². The van der Waals surface area contributed by atoms with Crippen molar-refractivity contribution in [1.29, 1.82) is 0 Å². The van der Waals surface area contributed by atoms with Crippen LogP contribution in [-0.4, -0.2) is 58.6 Å². The first-order chi connectivity index (χ1) is 13.1. The van der Waals surface area contributed by atoms with Crippen LogP contribution in [0.5, 0.6) is 0 Å². The first-order valence-electron chi connectivity index (χ1n) is 10.6. The van der Waals surface area contributed by atoms with Crippen LogP contribution in [0.2, 0.25) is 0 Å². The predicted molar refractivity (Wildman–Crippen MR) is 103 cm³/mol. The smallest absolute Gasteiger partial charge is 0.257 e. The molecule has 0 N–H and O–H groups in total. The zero-order valence-electron chi connectivity index (χ0n) is 16.9. The van der Waals surface area contributed by atoms with E-state index in [4.69, 9.17) is 9.47 Å². The van der Waals surface area contributed by atoms with Gasteiger partial charge in [0.15, 0.2) is 0 Å². The molecule has 2 saturated carbocycles. The zero-order valence-corrected chi connectivity index (χ0v) is 16.9. The third kappa shape index (κ3) is 3.54. The van der Waals surface area contributed by atoms with Gasteiger partial charge >= 0.3 is 0 Å². The number of carbonyl (C=O) groups is 1. The highest BCUT2D eigenvalue weighted by Gasteiger charge is 2.53. The maximum absolute atomic E-state index is 13.4. The van der Waals surface area contributed by atoms with E-state index in [1.54, 1.807) is 13.3 Å². The molecule has 1 aromatic rings. The van der Waals surface area contributed by atoms with E-state index in [0.717, 1.165) is 69.0 Å². The molecule has 0 unspecified atom stereocenters. The van der Waals surface area contributed by atoms with E-state index < -0.39 is 0 Å². The lowest BCUT2D eigenvalue weighted by atomic mass is 9.79. The Morgan fingerprint density at radius 1 is 1.33 bits per heavy atom. The molecular formula is C21H33N3O3. The fourth-order valence-corrected chi connectivity index (χ4v) is 4.86. The fraction of sp³-hybridized carbons (Fsp3) is 0.810. The SMILES string of the molecule is CCCn1ncc(C(=O)N2CC[C@]3(OC)CC[C@H](OCC4CC4)C[C@H]23)c1C. The Balaban J connectivity index is 1.50. The number of nitrogens with zero attached hydrogens (tertiary/aromatic N) is 3. The highest BCUT2D eigenvalue weighted by atomic mass is 16.5. The summed E-state index contributed by atoms with van der Waals surface area (Å²) in [5.74, 6) is 0.870. The van der Waals surface area contributed by atoms with Crippen molar-refractivity contribution in [1.82, 2.24) is 14.7 Å². The van der Waals surface area contributed by atoms with E-state index in [1.165, 1.54) is 12.8 Å². The van der Waals surface area contributed by atoms with Gasteiger partial charge < -0.3 is 14.4 Å². The van der Waals surface area contributed by atoms with Crippen molar-refractivity contribution in [3.63, 3.8) is 0 Å². The number of rotatable bonds is 7. The number of likely N-dealkylation sites (tertiary alicyclic amines) is 1. The summed E-state index contributed by atoms with van der Waals surface area (Å²) < 4.78 is 14.1. The molecule has 3 atom stereocenters. The van der Waals surface area contributed by atoms with Crippen molar-refractivity contribution in [3.05, 3.63) is 17.5 Å². The lowest BCUT2D eigenvalue weighted by Gasteiger charge is -2.43. The van der Waals surface area contributed by atoms with Crippen LogP contribution in [-0.2, 0) is 16.0 Å². The molecule has 0 spiro atoms. The highest BCUT2D eigenvalue weighted by molar-refractivity contribution is 5.95. The number of fused-ring (bicyclic) bond motifs is 1. The van der Waals surface area contributed by atoms with Gasteiger partial charge in [-0.3, -0.25) is 9.48 Å². The minimum absolute atomic E-state index is 0.0987. The number of hydrogen-bond acceptors (Lipinski definition) is 4. The Kier molecular flexibility index (Phi) is 5.30. The molecule has 1 saturated heterocycles. The molecule has 0 aromatic carbocycles. The third-order valence-electron chi connectivity index (χ3n) is 6.84. The van der Waals surface area contributed by atoms with Crippen LogP contribution in [0.15, 0.2) is 6.20 Å². The van der Waals surface area contributed by atoms with Gasteiger partial charge in [0.05, 0.1) is 29.5 Å². The van der Waals surface area contributed by atoms with Crippen molar-refractivity contribution in [2.75, 3.05) is 20.3 Å². The molecule has 3 fully saturated rings. The molecule has 0 radical (unpaired) electrons. The van der Waals surface area contributed by atoms with E-state index >= 15 is 0 Å². The summed E-state index contributed by atoms with van der Waals surface area (Å²) in [7, 11) is 1.80. The number of ether oxygens (including phenoxy) is 2. The summed E-state index contributed by atoms with van der Waals surface area (Å²) in [6.45, 7) is 6.61. The number of methoxy groups -OCH3 is 1. The van der Waals surface area contributed by atoms with E-state index in [2.05, 4.69) is 12.0 Å². The summed E-state index contributed by atoms with van der Waals surface area (Å²) in [6.07, 6.45) is 9.42. The van der Waals surface area contributed by atoms with Gasteiger partial charge in [-0.1, -0.05) is 6.92 Å². The second kappa shape index (κ2) is 7.55. The normalized spacial score (nSPS) is 30.6. The molecule has 1 aromatic heterocycles. The van der Waals surface area contributed by atoms with Crippen LogP contribution >= 0.6 is 0 Å². The predicted octanol–water partition coefficient (Wildman–Crippen LogP) is 3.18. The third-order valence-corrected chi connectivity index (χ3v) is 6.84. The number of aromatic nitrogens is 2. The molecule has 4 rings (SSSR count). The summed E-state index contributed by atoms with van der Waals surface area (Å²) in [6, 6.07) is 0.0990. The van der Waals surface area contributed by atoms with Gasteiger partial charge in [-0.2, -0.15) is 5.10 Å². The molecule has 27 heavy (non-hydrogen) atoms. The van der Waals surface area contributed by atoms with Crippen molar-refractivity contribution in [2.45, 2.75) is 83.1 Å². The monoisotopic (exact) mass is 375 g/mol. The largest absolute Gasteiger partial charge is 0.378 e. The summed E-state index contributed by atoms with van der Waals surface area (Å²) in [5.41, 5.74) is 1.49. The van der Waals surface area contributed by atoms with Crippen molar-refractivity contribution >= 4 is 5.91 Å². The maximum atomic E-state index is 13.4. The zero-order chi connectivity index (χ0) is 19.0. The Morgan fingerprint density at radius 2 is 2.15 bits per heavy atom. The maximum Gasteiger partial charge on any atom is 0.257 e. The van der Waals surface area contributed by atoms with Gasteiger partial charge in [0, 0.05) is 32.5 Å². The van der Waals surface area contributed by atoms with Crippen LogP contribution in [0.4, 0.5) is 0 Å². The summed E-state index contributed by atoms with van der Waals surface area (Å²) in [5, 5.41) is 4.42. The quantitative estimate of drug-likeness (QED) is 0.734. The number of amides is 1. The van der Waals surface area contributed by atoms with Crippen LogP contribution < -0.4 is 0 Å². The Hall–Kier alpha value is -1.40. The molecule has 0 bridgehead atoms. The number of aryl methyl sites for hydroxylation is 1. The molecule has 2 heterocycles. The minimum atomic E-state index is -0.206. The average Bonchev–Trinajstić information content (AvgIpc) is 3.34. The minimum Gasteiger partial charge on any atom is -0.378 e. The van der Waals surface area contributed by atoms with Crippen molar-refractivity contribution in [3.8, 4) is 0 Å². The first kappa shape index (κ1) is 18.9. The number of hydrogen-bond donors (Lipinski definition) is 0.